The second kappa shape index (κ2) is 6.87. The number of nitrogens with zero attached hydrogens (tertiary/aromatic N) is 2. The van der Waals surface area contributed by atoms with Gasteiger partial charge in [-0.2, -0.15) is 0 Å². The Kier molecular flexibility index (Phi) is 4.61. The van der Waals surface area contributed by atoms with Crippen LogP contribution in [0.5, 0.6) is 0 Å². The summed E-state index contributed by atoms with van der Waals surface area (Å²) < 4.78 is 5.28. The molecule has 0 N–H and O–H groups in total. The summed E-state index contributed by atoms with van der Waals surface area (Å²) in [4.78, 5) is 10.6. The van der Waals surface area contributed by atoms with Crippen LogP contribution in [-0.2, 0) is 12.8 Å². The fraction of sp³-hybridized carbons (Fsp3) is 0.111. The van der Waals surface area contributed by atoms with Crippen molar-refractivity contribution < 1.29 is 0 Å². The van der Waals surface area contributed by atoms with Crippen LogP contribution in [0.15, 0.2) is 34.1 Å². The topological polar surface area (TPSA) is 28.1 Å². The van der Waals surface area contributed by atoms with Crippen molar-refractivity contribution in [2.45, 2.75) is 12.8 Å². The summed E-state index contributed by atoms with van der Waals surface area (Å²) >= 11 is 4.38. The van der Waals surface area contributed by atoms with Crippen LogP contribution in [0, 0.1) is 17.9 Å². The van der Waals surface area contributed by atoms with Gasteiger partial charge in [0.15, 0.2) is 0 Å². The molecule has 0 fully saturated rings. The molecule has 4 heterocycles. The predicted molar refractivity (Wildman–Crippen MR) is 103 cm³/mol. The van der Waals surface area contributed by atoms with E-state index in [0.29, 0.717) is 29.0 Å². The molecule has 0 unspecified atom stereocenters. The van der Waals surface area contributed by atoms with Crippen molar-refractivity contribution in [2.24, 2.45) is 0 Å². The Labute approximate surface area is 159 Å². The monoisotopic (exact) mass is 478 g/mol. The molecular formula is C18H10N2S2Se2. The standard InChI is InChI=1S/C18H10N2S2Se2/c1-20-14-3-5-24-18(14)9-13-7-16-15(22-13)6-12(21-16)8-17-11(10-19)2-4-23-17/h2-7H,8-9H2. The molecule has 0 aliphatic rings. The van der Waals surface area contributed by atoms with Crippen molar-refractivity contribution in [3.63, 3.8) is 0 Å². The summed E-state index contributed by atoms with van der Waals surface area (Å²) in [6, 6.07) is 10.8. The Morgan fingerprint density at radius 2 is 1.62 bits per heavy atom. The summed E-state index contributed by atoms with van der Waals surface area (Å²) in [6.07, 6.45) is 1.83. The first-order valence-electron chi connectivity index (χ1n) is 7.18. The zero-order valence-corrected chi connectivity index (χ0v) is 17.5. The van der Waals surface area contributed by atoms with Crippen LogP contribution in [-0.4, -0.2) is 29.0 Å². The van der Waals surface area contributed by atoms with Gasteiger partial charge in [-0.15, -0.1) is 0 Å². The zero-order valence-electron chi connectivity index (χ0n) is 12.4. The van der Waals surface area contributed by atoms with Gasteiger partial charge in [0, 0.05) is 0 Å². The predicted octanol–water partition coefficient (Wildman–Crippen LogP) is 4.68. The van der Waals surface area contributed by atoms with E-state index in [1.165, 1.54) is 28.0 Å². The second-order valence-electron chi connectivity index (χ2n) is 5.22. The van der Waals surface area contributed by atoms with Gasteiger partial charge in [-0.1, -0.05) is 0 Å². The molecule has 0 bridgehead atoms. The number of rotatable bonds is 4. The third-order valence-electron chi connectivity index (χ3n) is 3.69. The first kappa shape index (κ1) is 16.1. The molecule has 0 aromatic carbocycles. The Hall–Kier alpha value is -1.36. The Morgan fingerprint density at radius 3 is 2.29 bits per heavy atom. The Bertz CT molecular complexity index is 983. The molecule has 0 aliphatic carbocycles. The Balaban J connectivity index is 1.57. The summed E-state index contributed by atoms with van der Waals surface area (Å²) in [5, 5.41) is 9.16. The summed E-state index contributed by atoms with van der Waals surface area (Å²) in [6.45, 7) is 7.24. The van der Waals surface area contributed by atoms with E-state index in [4.69, 9.17) is 11.8 Å². The van der Waals surface area contributed by atoms with Gasteiger partial charge in [0.2, 0.25) is 0 Å². The van der Waals surface area contributed by atoms with Crippen molar-refractivity contribution >= 4 is 66.8 Å². The molecule has 4 aromatic heterocycles. The molecule has 4 aromatic rings. The maximum absolute atomic E-state index is 9.16. The van der Waals surface area contributed by atoms with Crippen LogP contribution in [0.3, 0.4) is 0 Å². The summed E-state index contributed by atoms with van der Waals surface area (Å²) in [5.41, 5.74) is 1.71. The van der Waals surface area contributed by atoms with E-state index in [1.807, 2.05) is 34.8 Å². The normalized spacial score (nSPS) is 10.8. The van der Waals surface area contributed by atoms with Crippen molar-refractivity contribution in [3.8, 4) is 6.07 Å². The molecule has 0 radical (unpaired) electrons. The molecule has 2 nitrogen and oxygen atoms in total. The number of thiophene rings is 2. The van der Waals surface area contributed by atoms with E-state index >= 15 is 0 Å². The molecular weight excluding hydrogens is 466 g/mol. The minimum absolute atomic E-state index is 0.341. The van der Waals surface area contributed by atoms with Crippen LogP contribution in [0.1, 0.15) is 24.2 Å². The molecule has 0 amide bonds. The van der Waals surface area contributed by atoms with Gasteiger partial charge in [0.1, 0.15) is 0 Å². The van der Waals surface area contributed by atoms with Gasteiger partial charge in [-0.05, 0) is 0 Å². The number of fused-ring (bicyclic) bond motifs is 1. The molecule has 0 saturated heterocycles. The third-order valence-corrected chi connectivity index (χ3v) is 9.82. The average molecular weight is 476 g/mol. The molecule has 0 spiro atoms. The molecule has 0 saturated carbocycles. The second-order valence-corrected chi connectivity index (χ2v) is 11.8. The van der Waals surface area contributed by atoms with Crippen LogP contribution >= 0.6 is 22.7 Å². The minimum atomic E-state index is 0.341. The van der Waals surface area contributed by atoms with Crippen molar-refractivity contribution in [2.75, 3.05) is 0 Å². The molecule has 24 heavy (non-hydrogen) atoms. The number of nitriles is 1. The van der Waals surface area contributed by atoms with Gasteiger partial charge >= 0.3 is 161 Å². The van der Waals surface area contributed by atoms with Gasteiger partial charge in [-0.3, -0.25) is 0 Å². The Morgan fingerprint density at radius 1 is 1.00 bits per heavy atom. The third kappa shape index (κ3) is 3.10. The fourth-order valence-electron chi connectivity index (χ4n) is 2.57. The van der Waals surface area contributed by atoms with Gasteiger partial charge in [0.25, 0.3) is 0 Å². The molecule has 6 heteroatoms. The number of hydrogen-bond acceptors (Lipinski definition) is 3. The fourth-order valence-corrected chi connectivity index (χ4v) is 8.98. The van der Waals surface area contributed by atoms with Crippen LogP contribution < -0.4 is 0 Å². The van der Waals surface area contributed by atoms with E-state index in [9.17, 15) is 0 Å². The van der Waals surface area contributed by atoms with Gasteiger partial charge in [0.05, 0.1) is 0 Å². The quantitative estimate of drug-likeness (QED) is 0.311. The molecule has 4 rings (SSSR count). The number of hydrogen-bond donors (Lipinski definition) is 0. The first-order chi connectivity index (χ1) is 11.8. The summed E-state index contributed by atoms with van der Waals surface area (Å²) in [5.74, 6) is 0. The molecule has 0 aliphatic heterocycles. The maximum atomic E-state index is 9.16. The van der Waals surface area contributed by atoms with E-state index in [-0.39, 0.29) is 0 Å². The van der Waals surface area contributed by atoms with Crippen molar-refractivity contribution in [3.05, 3.63) is 69.8 Å². The SMILES string of the molecule is [C-]#[N+]c1cc[se]c1Cc1cc2sc(Cc3[se]ccc3C#N)cc2s1. The van der Waals surface area contributed by atoms with E-state index in [0.717, 1.165) is 24.1 Å². The summed E-state index contributed by atoms with van der Waals surface area (Å²) in [7, 11) is 0. The molecule has 0 atom stereocenters. The van der Waals surface area contributed by atoms with Crippen LogP contribution in [0.2, 0.25) is 0 Å². The van der Waals surface area contributed by atoms with E-state index in [1.54, 1.807) is 0 Å². The van der Waals surface area contributed by atoms with Crippen molar-refractivity contribution in [1.29, 1.82) is 5.26 Å². The average Bonchev–Trinajstić information content (AvgIpc) is 3.31. The van der Waals surface area contributed by atoms with Crippen LogP contribution in [0.25, 0.3) is 14.2 Å². The molecule has 116 valence electrons. The zero-order chi connectivity index (χ0) is 16.5. The van der Waals surface area contributed by atoms with E-state index in [2.05, 4.69) is 32.9 Å². The van der Waals surface area contributed by atoms with Crippen LogP contribution in [0.4, 0.5) is 5.69 Å². The van der Waals surface area contributed by atoms with Gasteiger partial charge < -0.3 is 0 Å². The van der Waals surface area contributed by atoms with Crippen molar-refractivity contribution in [1.82, 2.24) is 0 Å². The van der Waals surface area contributed by atoms with E-state index < -0.39 is 0 Å². The first-order valence-corrected chi connectivity index (χ1v) is 12.5. The van der Waals surface area contributed by atoms with Gasteiger partial charge in [-0.25, -0.2) is 0 Å².